The van der Waals surface area contributed by atoms with Crippen molar-refractivity contribution >= 4 is 17.9 Å². The Bertz CT molecular complexity index is 868. The highest BCUT2D eigenvalue weighted by Gasteiger charge is 2.45. The van der Waals surface area contributed by atoms with E-state index in [1.807, 2.05) is 37.3 Å². The summed E-state index contributed by atoms with van der Waals surface area (Å²) in [7, 11) is 0. The van der Waals surface area contributed by atoms with Gasteiger partial charge in [-0.1, -0.05) is 30.3 Å². The molecule has 1 spiro atoms. The van der Waals surface area contributed by atoms with Gasteiger partial charge in [-0.2, -0.15) is 0 Å². The second-order valence-electron chi connectivity index (χ2n) is 7.77. The molecule has 2 aromatic rings. The van der Waals surface area contributed by atoms with E-state index in [-0.39, 0.29) is 12.3 Å². The molecule has 0 atom stereocenters. The van der Waals surface area contributed by atoms with Gasteiger partial charge in [0.1, 0.15) is 6.61 Å². The van der Waals surface area contributed by atoms with Crippen LogP contribution in [-0.2, 0) is 16.1 Å². The van der Waals surface area contributed by atoms with Crippen molar-refractivity contribution in [3.63, 3.8) is 0 Å². The predicted octanol–water partition coefficient (Wildman–Crippen LogP) is 4.22. The summed E-state index contributed by atoms with van der Waals surface area (Å²) < 4.78 is 10.8. The first-order chi connectivity index (χ1) is 14.2. The number of esters is 1. The Balaban J connectivity index is 1.53. The van der Waals surface area contributed by atoms with Crippen molar-refractivity contribution in [2.75, 3.05) is 24.6 Å². The molecule has 1 saturated carbocycles. The fourth-order valence-electron chi connectivity index (χ4n) is 3.71. The average molecular weight is 393 g/mol. The number of piperidine rings is 1. The molecule has 0 N–H and O–H groups in total. The largest absolute Gasteiger partial charge is 0.501 e. The fourth-order valence-corrected chi connectivity index (χ4v) is 3.71. The maximum Gasteiger partial charge on any atom is 0.361 e. The van der Waals surface area contributed by atoms with Gasteiger partial charge >= 0.3 is 5.97 Å². The molecule has 1 aliphatic carbocycles. The highest BCUT2D eigenvalue weighted by atomic mass is 16.5. The number of nitrogens with zero attached hydrogens (tertiary/aromatic N) is 3. The third-order valence-electron chi connectivity index (χ3n) is 5.76. The van der Waals surface area contributed by atoms with Crippen molar-refractivity contribution in [3.8, 4) is 0 Å². The lowest BCUT2D eigenvalue weighted by Crippen LogP contribution is -2.36. The lowest BCUT2D eigenvalue weighted by atomic mass is 9.93. The molecule has 152 valence electrons. The number of hydrogen-bond acceptors (Lipinski definition) is 6. The molecule has 0 unspecified atom stereocenters. The van der Waals surface area contributed by atoms with Gasteiger partial charge in [-0.05, 0) is 49.7 Å². The number of carbonyl (C=O) groups excluding carboxylic acids is 1. The zero-order valence-corrected chi connectivity index (χ0v) is 16.8. The summed E-state index contributed by atoms with van der Waals surface area (Å²) in [5.41, 5.74) is 2.44. The molecular weight excluding hydrogens is 366 g/mol. The van der Waals surface area contributed by atoms with E-state index in [4.69, 9.17) is 14.5 Å². The van der Waals surface area contributed by atoms with Crippen molar-refractivity contribution in [1.82, 2.24) is 9.97 Å². The first-order valence-electron chi connectivity index (χ1n) is 10.3. The highest BCUT2D eigenvalue weighted by Crippen LogP contribution is 2.53. The summed E-state index contributed by atoms with van der Waals surface area (Å²) in [6.07, 6.45) is 9.91. The number of hydrogen-bond donors (Lipinski definition) is 0. The summed E-state index contributed by atoms with van der Waals surface area (Å²) in [6.45, 7) is 4.53. The monoisotopic (exact) mass is 393 g/mol. The van der Waals surface area contributed by atoms with Crippen molar-refractivity contribution in [2.24, 2.45) is 5.41 Å². The zero-order chi connectivity index (χ0) is 20.1. The van der Waals surface area contributed by atoms with Crippen LogP contribution in [0, 0.1) is 5.41 Å². The lowest BCUT2D eigenvalue weighted by Gasteiger charge is -2.33. The minimum Gasteiger partial charge on any atom is -0.501 e. The van der Waals surface area contributed by atoms with Gasteiger partial charge in [0.15, 0.2) is 11.5 Å². The number of ether oxygens (including phenoxy) is 2. The van der Waals surface area contributed by atoms with Crippen LogP contribution in [0.2, 0.25) is 0 Å². The number of rotatable bonds is 7. The number of carbonyl (C=O) groups is 1. The minimum absolute atomic E-state index is 0.218. The van der Waals surface area contributed by atoms with Crippen LogP contribution in [0.5, 0.6) is 0 Å². The van der Waals surface area contributed by atoms with E-state index >= 15 is 0 Å². The van der Waals surface area contributed by atoms with Crippen molar-refractivity contribution < 1.29 is 14.3 Å². The number of anilines is 1. The Morgan fingerprint density at radius 1 is 1.17 bits per heavy atom. The van der Waals surface area contributed by atoms with E-state index in [2.05, 4.69) is 9.88 Å². The maximum absolute atomic E-state index is 12.8. The molecule has 2 fully saturated rings. The van der Waals surface area contributed by atoms with Crippen LogP contribution in [0.3, 0.4) is 0 Å². The fraction of sp³-hybridized carbons (Fsp3) is 0.435. The van der Waals surface area contributed by atoms with Gasteiger partial charge in [0.05, 0.1) is 24.8 Å². The first kappa shape index (κ1) is 19.4. The molecule has 4 rings (SSSR count). The molecule has 2 heterocycles. The van der Waals surface area contributed by atoms with E-state index in [1.165, 1.54) is 12.8 Å². The molecule has 1 aromatic heterocycles. The van der Waals surface area contributed by atoms with Gasteiger partial charge in [0.25, 0.3) is 0 Å². The van der Waals surface area contributed by atoms with Gasteiger partial charge in [0, 0.05) is 13.1 Å². The zero-order valence-electron chi connectivity index (χ0n) is 16.8. The molecule has 1 aliphatic heterocycles. The molecule has 0 radical (unpaired) electrons. The van der Waals surface area contributed by atoms with Gasteiger partial charge in [0.2, 0.25) is 0 Å². The molecule has 29 heavy (non-hydrogen) atoms. The first-order valence-corrected chi connectivity index (χ1v) is 10.3. The van der Waals surface area contributed by atoms with Crippen LogP contribution in [0.4, 0.5) is 5.82 Å². The van der Waals surface area contributed by atoms with Crippen LogP contribution >= 0.6 is 0 Å². The summed E-state index contributed by atoms with van der Waals surface area (Å²) in [6, 6.07) is 9.65. The van der Waals surface area contributed by atoms with E-state index in [1.54, 1.807) is 18.5 Å². The summed E-state index contributed by atoms with van der Waals surface area (Å²) in [5.74, 6) is 0.167. The third-order valence-corrected chi connectivity index (χ3v) is 5.76. The van der Waals surface area contributed by atoms with E-state index < -0.39 is 5.97 Å². The molecule has 6 heteroatoms. The van der Waals surface area contributed by atoms with Crippen LogP contribution < -0.4 is 4.90 Å². The molecule has 2 aliphatic rings. The molecule has 0 bridgehead atoms. The van der Waals surface area contributed by atoms with Gasteiger partial charge in [-0.15, -0.1) is 0 Å². The Kier molecular flexibility index (Phi) is 5.79. The molecule has 1 aromatic carbocycles. The van der Waals surface area contributed by atoms with Gasteiger partial charge < -0.3 is 14.4 Å². The molecule has 1 saturated heterocycles. The van der Waals surface area contributed by atoms with Crippen LogP contribution in [0.1, 0.15) is 54.4 Å². The number of benzene rings is 1. The standard InChI is InChI=1S/C23H27N3O3/c1-2-28-15-8-19-16-24-20(22(27)29-17-18-6-4-3-5-7-18)21(25-19)26-13-11-23(9-10-23)12-14-26/h3-8,15-16H,2,9-14,17H2,1H3. The SMILES string of the molecule is CCOC=Cc1cnc(C(=O)OCc2ccccc2)c(N2CCC3(CC2)CC3)n1. The molecule has 6 nitrogen and oxygen atoms in total. The van der Waals surface area contributed by atoms with E-state index in [9.17, 15) is 4.79 Å². The summed E-state index contributed by atoms with van der Waals surface area (Å²) in [5, 5.41) is 0. The van der Waals surface area contributed by atoms with Crippen molar-refractivity contribution in [1.29, 1.82) is 0 Å². The topological polar surface area (TPSA) is 64.6 Å². The Morgan fingerprint density at radius 3 is 2.62 bits per heavy atom. The second kappa shape index (κ2) is 8.64. The normalized spacial score (nSPS) is 17.5. The van der Waals surface area contributed by atoms with Gasteiger partial charge in [-0.25, -0.2) is 14.8 Å². The number of aromatic nitrogens is 2. The van der Waals surface area contributed by atoms with E-state index in [0.717, 1.165) is 31.5 Å². The Labute approximate surface area is 171 Å². The predicted molar refractivity (Wildman–Crippen MR) is 111 cm³/mol. The van der Waals surface area contributed by atoms with Crippen molar-refractivity contribution in [2.45, 2.75) is 39.2 Å². The van der Waals surface area contributed by atoms with Crippen molar-refractivity contribution in [3.05, 3.63) is 59.7 Å². The summed E-state index contributed by atoms with van der Waals surface area (Å²) in [4.78, 5) is 24.1. The van der Waals surface area contributed by atoms with Crippen LogP contribution in [0.15, 0.2) is 42.8 Å². The Morgan fingerprint density at radius 2 is 1.93 bits per heavy atom. The summed E-state index contributed by atoms with van der Waals surface area (Å²) >= 11 is 0. The molecule has 0 amide bonds. The molecular formula is C23H27N3O3. The van der Waals surface area contributed by atoms with Crippen LogP contribution in [-0.4, -0.2) is 35.6 Å². The third kappa shape index (κ3) is 4.75. The second-order valence-corrected chi connectivity index (χ2v) is 7.77. The average Bonchev–Trinajstić information content (AvgIpc) is 3.52. The minimum atomic E-state index is -0.441. The van der Waals surface area contributed by atoms with E-state index in [0.29, 0.717) is 23.5 Å². The maximum atomic E-state index is 12.8. The highest BCUT2D eigenvalue weighted by molar-refractivity contribution is 5.92. The Hall–Kier alpha value is -2.89. The van der Waals surface area contributed by atoms with Gasteiger partial charge in [-0.3, -0.25) is 0 Å². The lowest BCUT2D eigenvalue weighted by molar-refractivity contribution is 0.0466. The van der Waals surface area contributed by atoms with Crippen LogP contribution in [0.25, 0.3) is 6.08 Å². The quantitative estimate of drug-likeness (QED) is 0.518. The smallest absolute Gasteiger partial charge is 0.361 e.